The SMILES string of the molecule is CC(N)C1CCN(c2nc3ccccc3o2)C1. The van der Waals surface area contributed by atoms with E-state index in [1.54, 1.807) is 0 Å². The minimum atomic E-state index is 0.240. The van der Waals surface area contributed by atoms with Gasteiger partial charge in [-0.25, -0.2) is 0 Å². The van der Waals surface area contributed by atoms with Crippen LogP contribution >= 0.6 is 0 Å². The topological polar surface area (TPSA) is 55.3 Å². The summed E-state index contributed by atoms with van der Waals surface area (Å²) in [7, 11) is 0. The van der Waals surface area contributed by atoms with Crippen LogP contribution in [0.4, 0.5) is 6.01 Å². The molecule has 0 spiro atoms. The van der Waals surface area contributed by atoms with Crippen molar-refractivity contribution in [3.8, 4) is 0 Å². The van der Waals surface area contributed by atoms with E-state index >= 15 is 0 Å². The van der Waals surface area contributed by atoms with E-state index < -0.39 is 0 Å². The van der Waals surface area contributed by atoms with Crippen LogP contribution in [-0.2, 0) is 0 Å². The predicted octanol–water partition coefficient (Wildman–Crippen LogP) is 2.00. The third-order valence-electron chi connectivity index (χ3n) is 3.52. The molecule has 2 N–H and O–H groups in total. The maximum atomic E-state index is 5.94. The van der Waals surface area contributed by atoms with Crippen LogP contribution in [0.1, 0.15) is 13.3 Å². The number of nitrogens with two attached hydrogens (primary N) is 1. The minimum Gasteiger partial charge on any atom is -0.423 e. The Morgan fingerprint density at radius 2 is 2.29 bits per heavy atom. The maximum Gasteiger partial charge on any atom is 0.298 e. The van der Waals surface area contributed by atoms with Crippen molar-refractivity contribution >= 4 is 17.1 Å². The van der Waals surface area contributed by atoms with Crippen LogP contribution in [0.25, 0.3) is 11.1 Å². The highest BCUT2D eigenvalue weighted by Crippen LogP contribution is 2.27. The lowest BCUT2D eigenvalue weighted by molar-refractivity contribution is 0.484. The number of anilines is 1. The van der Waals surface area contributed by atoms with Gasteiger partial charge in [-0.3, -0.25) is 0 Å². The molecule has 0 aliphatic carbocycles. The minimum absolute atomic E-state index is 0.240. The van der Waals surface area contributed by atoms with Crippen molar-refractivity contribution in [2.24, 2.45) is 11.7 Å². The van der Waals surface area contributed by atoms with Crippen LogP contribution in [0.5, 0.6) is 0 Å². The summed E-state index contributed by atoms with van der Waals surface area (Å²) in [4.78, 5) is 6.70. The van der Waals surface area contributed by atoms with E-state index in [0.717, 1.165) is 36.6 Å². The van der Waals surface area contributed by atoms with E-state index in [1.807, 2.05) is 24.3 Å². The number of nitrogens with zero attached hydrogens (tertiary/aromatic N) is 2. The van der Waals surface area contributed by atoms with Gasteiger partial charge >= 0.3 is 0 Å². The van der Waals surface area contributed by atoms with Crippen molar-refractivity contribution in [2.45, 2.75) is 19.4 Å². The molecule has 1 aliphatic heterocycles. The number of para-hydroxylation sites is 2. The summed E-state index contributed by atoms with van der Waals surface area (Å²) in [6, 6.07) is 8.83. The lowest BCUT2D eigenvalue weighted by Gasteiger charge is -2.15. The van der Waals surface area contributed by atoms with E-state index in [4.69, 9.17) is 10.2 Å². The van der Waals surface area contributed by atoms with Gasteiger partial charge in [0.05, 0.1) is 0 Å². The van der Waals surface area contributed by atoms with Crippen LogP contribution < -0.4 is 10.6 Å². The average Bonchev–Trinajstić information content (AvgIpc) is 2.95. The van der Waals surface area contributed by atoms with Gasteiger partial charge < -0.3 is 15.1 Å². The van der Waals surface area contributed by atoms with E-state index in [0.29, 0.717) is 5.92 Å². The van der Waals surface area contributed by atoms with Crippen LogP contribution in [0.3, 0.4) is 0 Å². The third kappa shape index (κ3) is 1.89. The number of rotatable bonds is 2. The first-order chi connectivity index (χ1) is 8.24. The summed E-state index contributed by atoms with van der Waals surface area (Å²) in [5.74, 6) is 0.546. The summed E-state index contributed by atoms with van der Waals surface area (Å²) in [6.07, 6.45) is 1.12. The Kier molecular flexibility index (Phi) is 2.52. The quantitative estimate of drug-likeness (QED) is 0.859. The fourth-order valence-electron chi connectivity index (χ4n) is 2.39. The first-order valence-electron chi connectivity index (χ1n) is 6.10. The van der Waals surface area contributed by atoms with Gasteiger partial charge in [0, 0.05) is 19.1 Å². The molecule has 1 saturated heterocycles. The van der Waals surface area contributed by atoms with Crippen molar-refractivity contribution in [3.05, 3.63) is 24.3 Å². The molecule has 0 saturated carbocycles. The Morgan fingerprint density at radius 1 is 1.47 bits per heavy atom. The largest absolute Gasteiger partial charge is 0.423 e. The van der Waals surface area contributed by atoms with Gasteiger partial charge in [0.2, 0.25) is 0 Å². The van der Waals surface area contributed by atoms with E-state index in [1.165, 1.54) is 0 Å². The number of hydrogen-bond acceptors (Lipinski definition) is 4. The van der Waals surface area contributed by atoms with Crippen molar-refractivity contribution in [2.75, 3.05) is 18.0 Å². The van der Waals surface area contributed by atoms with Gasteiger partial charge in [-0.15, -0.1) is 0 Å². The average molecular weight is 231 g/mol. The number of oxazole rings is 1. The Balaban J connectivity index is 1.85. The molecule has 0 amide bonds. The molecule has 4 heteroatoms. The molecule has 4 nitrogen and oxygen atoms in total. The van der Waals surface area contributed by atoms with E-state index in [2.05, 4.69) is 16.8 Å². The fraction of sp³-hybridized carbons (Fsp3) is 0.462. The lowest BCUT2D eigenvalue weighted by Crippen LogP contribution is -2.29. The van der Waals surface area contributed by atoms with Gasteiger partial charge in [-0.05, 0) is 31.4 Å². The summed E-state index contributed by atoms with van der Waals surface area (Å²) < 4.78 is 5.75. The zero-order valence-electron chi connectivity index (χ0n) is 9.97. The summed E-state index contributed by atoms with van der Waals surface area (Å²) >= 11 is 0. The first kappa shape index (κ1) is 10.6. The zero-order valence-corrected chi connectivity index (χ0v) is 9.97. The Labute approximate surface area is 100 Å². The maximum absolute atomic E-state index is 5.94. The standard InChI is InChI=1S/C13H17N3O/c1-9(14)10-6-7-16(8-10)13-15-11-4-2-3-5-12(11)17-13/h2-5,9-10H,6-8,14H2,1H3. The molecule has 1 fully saturated rings. The van der Waals surface area contributed by atoms with Crippen molar-refractivity contribution < 1.29 is 4.42 Å². The monoisotopic (exact) mass is 231 g/mol. The highest BCUT2D eigenvalue weighted by molar-refractivity contribution is 5.74. The van der Waals surface area contributed by atoms with Crippen molar-refractivity contribution in [1.29, 1.82) is 0 Å². The molecule has 3 rings (SSSR count). The summed E-state index contributed by atoms with van der Waals surface area (Å²) in [5.41, 5.74) is 7.71. The molecule has 2 heterocycles. The van der Waals surface area contributed by atoms with Crippen LogP contribution in [-0.4, -0.2) is 24.1 Å². The molecule has 2 aromatic rings. The van der Waals surface area contributed by atoms with Gasteiger partial charge in [0.25, 0.3) is 6.01 Å². The van der Waals surface area contributed by atoms with Crippen LogP contribution in [0.2, 0.25) is 0 Å². The van der Waals surface area contributed by atoms with Gasteiger partial charge in [0.1, 0.15) is 5.52 Å². The zero-order chi connectivity index (χ0) is 11.8. The highest BCUT2D eigenvalue weighted by Gasteiger charge is 2.27. The number of benzene rings is 1. The van der Waals surface area contributed by atoms with Gasteiger partial charge in [0.15, 0.2) is 5.58 Å². The first-order valence-corrected chi connectivity index (χ1v) is 6.10. The molecule has 2 atom stereocenters. The predicted molar refractivity (Wildman–Crippen MR) is 68.0 cm³/mol. The van der Waals surface area contributed by atoms with Crippen molar-refractivity contribution in [1.82, 2.24) is 4.98 Å². The second-order valence-corrected chi connectivity index (χ2v) is 4.82. The number of fused-ring (bicyclic) bond motifs is 1. The Morgan fingerprint density at radius 3 is 3.00 bits per heavy atom. The molecule has 1 aromatic heterocycles. The molecular formula is C13H17N3O. The third-order valence-corrected chi connectivity index (χ3v) is 3.52. The second kappa shape index (κ2) is 4.04. The fourth-order valence-corrected chi connectivity index (χ4v) is 2.39. The molecule has 1 aromatic carbocycles. The molecule has 0 radical (unpaired) electrons. The van der Waals surface area contributed by atoms with Gasteiger partial charge in [-0.1, -0.05) is 12.1 Å². The molecule has 2 unspecified atom stereocenters. The smallest absolute Gasteiger partial charge is 0.298 e. The molecule has 0 bridgehead atoms. The van der Waals surface area contributed by atoms with E-state index in [-0.39, 0.29) is 6.04 Å². The van der Waals surface area contributed by atoms with E-state index in [9.17, 15) is 0 Å². The summed E-state index contributed by atoms with van der Waals surface area (Å²) in [5, 5.41) is 0. The molecule has 90 valence electrons. The van der Waals surface area contributed by atoms with Crippen LogP contribution in [0, 0.1) is 5.92 Å². The Hall–Kier alpha value is -1.55. The van der Waals surface area contributed by atoms with Gasteiger partial charge in [-0.2, -0.15) is 4.98 Å². The molecule has 17 heavy (non-hydrogen) atoms. The molecular weight excluding hydrogens is 214 g/mol. The van der Waals surface area contributed by atoms with Crippen LogP contribution in [0.15, 0.2) is 28.7 Å². The normalized spacial score (nSPS) is 22.2. The Bertz CT molecular complexity index is 487. The number of aromatic nitrogens is 1. The second-order valence-electron chi connectivity index (χ2n) is 4.82. The highest BCUT2D eigenvalue weighted by atomic mass is 16.4. The summed E-state index contributed by atoms with van der Waals surface area (Å²) in [6.45, 7) is 4.00. The lowest BCUT2D eigenvalue weighted by atomic mass is 10.0. The molecule has 1 aliphatic rings. The number of hydrogen-bond donors (Lipinski definition) is 1. The van der Waals surface area contributed by atoms with Crippen molar-refractivity contribution in [3.63, 3.8) is 0 Å².